The summed E-state index contributed by atoms with van der Waals surface area (Å²) in [7, 11) is 5.77. The van der Waals surface area contributed by atoms with Crippen LogP contribution < -0.4 is 21.3 Å². The van der Waals surface area contributed by atoms with E-state index in [0.717, 1.165) is 118 Å². The molecular formula is C65H70F3N27O7S4. The Morgan fingerprint density at radius 1 is 0.557 bits per heavy atom. The number of halogens is 3. The summed E-state index contributed by atoms with van der Waals surface area (Å²) in [5.74, 6) is -3.76. The lowest BCUT2D eigenvalue weighted by Crippen LogP contribution is -2.45. The van der Waals surface area contributed by atoms with Crippen LogP contribution >= 0.6 is 45.3 Å². The Hall–Kier alpha value is -11.6. The first-order chi connectivity index (χ1) is 51.0. The van der Waals surface area contributed by atoms with Crippen molar-refractivity contribution in [3.8, 4) is 53.7 Å². The predicted molar refractivity (Wildman–Crippen MR) is 390 cm³/mol. The number of aryl methyl sites for hydroxylation is 5. The van der Waals surface area contributed by atoms with E-state index in [1.807, 2.05) is 81.7 Å². The van der Waals surface area contributed by atoms with Gasteiger partial charge in [0.15, 0.2) is 0 Å². The van der Waals surface area contributed by atoms with Crippen molar-refractivity contribution in [2.75, 3.05) is 67.6 Å². The van der Waals surface area contributed by atoms with Gasteiger partial charge in [0.2, 0.25) is 0 Å². The molecule has 34 nitrogen and oxygen atoms in total. The molecule has 9 N–H and O–H groups in total. The van der Waals surface area contributed by atoms with Crippen molar-refractivity contribution in [1.29, 1.82) is 0 Å². The third-order valence-corrected chi connectivity index (χ3v) is 19.4. The molecule has 4 amide bonds. The maximum Gasteiger partial charge on any atom is 0.490 e. The van der Waals surface area contributed by atoms with Crippen molar-refractivity contribution in [3.63, 3.8) is 0 Å². The number of H-pyrrole nitrogens is 4. The Kier molecular flexibility index (Phi) is 24.8. The molecule has 13 aromatic rings. The third-order valence-electron chi connectivity index (χ3n) is 15.9. The van der Waals surface area contributed by atoms with Gasteiger partial charge in [-0.3, -0.25) is 68.2 Å². The highest BCUT2D eigenvalue weighted by atomic mass is 32.1. The number of thiazole rings is 4. The summed E-state index contributed by atoms with van der Waals surface area (Å²) < 4.78 is 44.5. The lowest BCUT2D eigenvalue weighted by Gasteiger charge is -2.34. The van der Waals surface area contributed by atoms with Gasteiger partial charge < -0.3 is 36.0 Å². The number of carboxylic acid groups (broad SMARTS) is 1. The SMILES string of the molecule is CCOC1CC(n2cc(NC(=O)c3csc(-c4cn[nH]c4)n3)c(C)n2)C1.CN1CCN(CCn2cc(NC(=O)c3csc(-c4cn[nH]c4)n3)c(-c3ccccn3)n2)CC1.Cc1nn(C)cc1NC(=O)c1csc(-c2cn[nH]c2)n1.Cc1nn(C)cc1NC(=O)c1csc(-c2cn[nH]c2)n1.O=C(O)C(F)(F)F. The number of carbonyl (C=O) groups is 5. The van der Waals surface area contributed by atoms with Gasteiger partial charge in [-0.25, -0.2) is 24.7 Å². The molecule has 0 aromatic carbocycles. The minimum absolute atomic E-state index is 0.237. The molecule has 552 valence electrons. The molecule has 1 saturated heterocycles. The van der Waals surface area contributed by atoms with Gasteiger partial charge in [-0.1, -0.05) is 6.07 Å². The predicted octanol–water partition coefficient (Wildman–Crippen LogP) is 9.61. The lowest BCUT2D eigenvalue weighted by atomic mass is 9.89. The summed E-state index contributed by atoms with van der Waals surface area (Å²) in [6, 6.07) is 6.00. The molecule has 1 saturated carbocycles. The number of anilines is 4. The zero-order valence-corrected chi connectivity index (χ0v) is 61.0. The van der Waals surface area contributed by atoms with Crippen LogP contribution in [0.1, 0.15) is 84.8 Å². The third kappa shape index (κ3) is 20.0. The molecule has 0 unspecified atom stereocenters. The van der Waals surface area contributed by atoms with Gasteiger partial charge in [-0.05, 0) is 59.7 Å². The first kappa shape index (κ1) is 75.5. The maximum absolute atomic E-state index is 13.0. The molecule has 2 fully saturated rings. The number of likely N-dealkylation sites (N-methyl/N-ethyl adjacent to an activating group) is 1. The van der Waals surface area contributed by atoms with Gasteiger partial charge in [-0.2, -0.15) is 54.0 Å². The average Bonchev–Trinajstić information content (AvgIpc) is 1.63. The van der Waals surface area contributed by atoms with E-state index in [1.165, 1.54) is 45.3 Å². The van der Waals surface area contributed by atoms with Crippen molar-refractivity contribution in [2.24, 2.45) is 14.1 Å². The first-order valence-electron chi connectivity index (χ1n) is 32.4. The van der Waals surface area contributed by atoms with Crippen molar-refractivity contribution in [1.82, 2.24) is 115 Å². The molecule has 1 aliphatic heterocycles. The van der Waals surface area contributed by atoms with E-state index >= 15 is 0 Å². The van der Waals surface area contributed by atoms with E-state index in [2.05, 4.69) is 119 Å². The molecule has 106 heavy (non-hydrogen) atoms. The highest BCUT2D eigenvalue weighted by molar-refractivity contribution is 7.14. The summed E-state index contributed by atoms with van der Waals surface area (Å²) in [4.78, 5) is 85.3. The highest BCUT2D eigenvalue weighted by Gasteiger charge is 2.38. The fourth-order valence-corrected chi connectivity index (χ4v) is 13.4. The number of pyridine rings is 1. The minimum atomic E-state index is -5.08. The number of aromatic amines is 4. The molecular weight excluding hydrogens is 1460 g/mol. The van der Waals surface area contributed by atoms with Gasteiger partial charge in [0.25, 0.3) is 23.6 Å². The number of amides is 4. The van der Waals surface area contributed by atoms with E-state index in [0.29, 0.717) is 69.1 Å². The number of hydrogen-bond donors (Lipinski definition) is 9. The number of alkyl halides is 3. The van der Waals surface area contributed by atoms with Crippen LogP contribution in [-0.4, -0.2) is 208 Å². The fraction of sp³-hybridized carbons (Fsp3) is 0.292. The first-order valence-corrected chi connectivity index (χ1v) is 35.9. The van der Waals surface area contributed by atoms with Gasteiger partial charge >= 0.3 is 12.1 Å². The number of carbonyl (C=O) groups excluding carboxylic acids is 4. The van der Waals surface area contributed by atoms with Crippen LogP contribution in [0.25, 0.3) is 53.7 Å². The molecule has 0 spiro atoms. The minimum Gasteiger partial charge on any atom is -0.475 e. The van der Waals surface area contributed by atoms with Crippen LogP contribution in [0.3, 0.4) is 0 Å². The summed E-state index contributed by atoms with van der Waals surface area (Å²) in [6.07, 6.45) is 19.9. The lowest BCUT2D eigenvalue weighted by molar-refractivity contribution is -0.192. The topological polar surface area (TPSA) is 420 Å². The normalized spacial score (nSPS) is 14.2. The Bertz CT molecular complexity index is 4870. The summed E-state index contributed by atoms with van der Waals surface area (Å²) in [6.45, 7) is 14.2. The molecule has 0 radical (unpaired) electrons. The Balaban J connectivity index is 0.000000139. The Labute approximate surface area is 616 Å². The highest BCUT2D eigenvalue weighted by Crippen LogP contribution is 2.36. The van der Waals surface area contributed by atoms with Crippen molar-refractivity contribution >= 4 is 97.7 Å². The second-order valence-electron chi connectivity index (χ2n) is 23.6. The van der Waals surface area contributed by atoms with Crippen LogP contribution in [-0.2, 0) is 30.2 Å². The molecule has 41 heteroatoms. The second kappa shape index (κ2) is 34.8. The van der Waals surface area contributed by atoms with E-state index in [9.17, 15) is 32.3 Å². The molecule has 0 bridgehead atoms. The van der Waals surface area contributed by atoms with Crippen LogP contribution in [0.4, 0.5) is 35.9 Å². The standard InChI is InChI=1S/C22H25N9OS.C17H20N6O2S.2C12H12N6OS.C2HF3O2/c1-29-6-8-30(9-7-29)10-11-31-14-18(20(28-31)17-4-2-3-5-23-17)26-21(32)19-15-33-22(27-19)16-12-24-25-13-16;1-3-25-13-4-12(5-13)23-8-14(10(2)22-23)20-16(24)15-9-26-17(21-15)11-6-18-19-7-11;2*1-7-9(5-18(2)17-7)15-11(19)10-6-20-12(16-10)8-3-13-14-4-8;3-2(4,5)1(6)7/h2-5,12-15H,6-11H2,1H3,(H,24,25)(H,26,32);6-9,12-13H,3-5H2,1-2H3,(H,18,19)(H,20,24);2*3-6H,1-2H3,(H,13,14)(H,15,19);(H,6,7). The fourth-order valence-electron chi connectivity index (χ4n) is 10.3. The Morgan fingerprint density at radius 2 is 0.962 bits per heavy atom. The summed E-state index contributed by atoms with van der Waals surface area (Å²) >= 11 is 5.62. The van der Waals surface area contributed by atoms with Crippen LogP contribution in [0.2, 0.25) is 0 Å². The number of piperazine rings is 1. The van der Waals surface area contributed by atoms with Gasteiger partial charge in [0.1, 0.15) is 48.5 Å². The maximum atomic E-state index is 13.0. The number of hydrogen-bond acceptors (Lipinski definition) is 25. The zero-order chi connectivity index (χ0) is 75.0. The number of ether oxygens (including phenoxy) is 1. The van der Waals surface area contributed by atoms with E-state index < -0.39 is 12.1 Å². The molecule has 13 aromatic heterocycles. The smallest absolute Gasteiger partial charge is 0.475 e. The summed E-state index contributed by atoms with van der Waals surface area (Å²) in [5.41, 5.74) is 11.4. The summed E-state index contributed by atoms with van der Waals surface area (Å²) in [5, 5.41) is 72.7. The van der Waals surface area contributed by atoms with Gasteiger partial charge in [-0.15, -0.1) is 45.3 Å². The monoisotopic (exact) mass is 1530 g/mol. The van der Waals surface area contributed by atoms with E-state index in [4.69, 9.17) is 19.7 Å². The van der Waals surface area contributed by atoms with E-state index in [-0.39, 0.29) is 23.6 Å². The Morgan fingerprint density at radius 3 is 1.32 bits per heavy atom. The molecule has 14 heterocycles. The van der Waals surface area contributed by atoms with Crippen LogP contribution in [0.5, 0.6) is 0 Å². The zero-order valence-electron chi connectivity index (χ0n) is 57.7. The molecule has 1 aliphatic carbocycles. The van der Waals surface area contributed by atoms with Gasteiger partial charge in [0, 0.05) is 153 Å². The van der Waals surface area contributed by atoms with Crippen molar-refractivity contribution in [2.45, 2.75) is 65.4 Å². The van der Waals surface area contributed by atoms with Crippen molar-refractivity contribution in [3.05, 3.63) is 160 Å². The number of nitrogens with zero attached hydrogens (tertiary/aromatic N) is 19. The number of rotatable bonds is 19. The largest absolute Gasteiger partial charge is 0.490 e. The van der Waals surface area contributed by atoms with Gasteiger partial charge in [0.05, 0.1) is 89.0 Å². The quantitative estimate of drug-likeness (QED) is 0.0363. The van der Waals surface area contributed by atoms with Crippen LogP contribution in [0.15, 0.2) is 120 Å². The number of carboxylic acids is 1. The number of aromatic nitrogens is 21. The van der Waals surface area contributed by atoms with Crippen molar-refractivity contribution < 1.29 is 47.0 Å². The molecule has 2 aliphatic rings. The van der Waals surface area contributed by atoms with E-state index in [1.54, 1.807) is 99.0 Å². The molecule has 0 atom stereocenters. The second-order valence-corrected chi connectivity index (χ2v) is 27.1. The average molecular weight is 1530 g/mol. The number of nitrogens with one attached hydrogen (secondary N) is 8. The number of aliphatic carboxylic acids is 1. The molecule has 15 rings (SSSR count). The van der Waals surface area contributed by atoms with Crippen LogP contribution in [0, 0.1) is 20.8 Å².